The summed E-state index contributed by atoms with van der Waals surface area (Å²) >= 11 is 1.53. The van der Waals surface area contributed by atoms with Crippen LogP contribution in [0.3, 0.4) is 0 Å². The Labute approximate surface area is 213 Å². The lowest BCUT2D eigenvalue weighted by atomic mass is 10.1. The molecule has 0 bridgehead atoms. The standard InChI is InChI=1S/C24H27N7O3S2/c1-16(32)30-8-10-31(11-9-30)22-7-6-19(13-25-22)27-24-26-14-21-23(28-24)20(15-35-21)17-4-3-5-18(12-17)29-36(2,33)34/h3-7,12-16,29,32H,8-11H2,1-2H3,(H,26,27,28). The lowest BCUT2D eigenvalue weighted by Crippen LogP contribution is -2.49. The predicted molar refractivity (Wildman–Crippen MR) is 144 cm³/mol. The molecule has 5 rings (SSSR count). The number of benzene rings is 1. The smallest absolute Gasteiger partial charge is 0.229 e. The van der Waals surface area contributed by atoms with Gasteiger partial charge in [0.15, 0.2) is 0 Å². The molecule has 1 aliphatic heterocycles. The molecule has 1 fully saturated rings. The SMILES string of the molecule is CC(O)N1CCN(c2ccc(Nc3ncc4scc(-c5cccc(NS(C)(=O)=O)c5)c4n3)cn2)CC1. The van der Waals surface area contributed by atoms with Crippen LogP contribution >= 0.6 is 11.3 Å². The molecule has 0 radical (unpaired) electrons. The van der Waals surface area contributed by atoms with Crippen LogP contribution in [0.25, 0.3) is 21.3 Å². The van der Waals surface area contributed by atoms with Gasteiger partial charge < -0.3 is 15.3 Å². The minimum atomic E-state index is -3.37. The Morgan fingerprint density at radius 3 is 2.56 bits per heavy atom. The summed E-state index contributed by atoms with van der Waals surface area (Å²) in [5, 5.41) is 15.0. The molecule has 0 saturated carbocycles. The van der Waals surface area contributed by atoms with E-state index in [-0.39, 0.29) is 0 Å². The molecule has 1 unspecified atom stereocenters. The van der Waals surface area contributed by atoms with Gasteiger partial charge in [0.25, 0.3) is 0 Å². The van der Waals surface area contributed by atoms with E-state index in [2.05, 4.69) is 24.9 Å². The first-order valence-corrected chi connectivity index (χ1v) is 14.2. The normalized spacial score (nSPS) is 15.7. The molecule has 4 heterocycles. The number of aliphatic hydroxyl groups is 1. The average molecular weight is 526 g/mol. The summed E-state index contributed by atoms with van der Waals surface area (Å²) in [6.45, 7) is 5.01. The molecule has 36 heavy (non-hydrogen) atoms. The number of anilines is 4. The average Bonchev–Trinajstić information content (AvgIpc) is 3.27. The summed E-state index contributed by atoms with van der Waals surface area (Å²) in [6.07, 6.45) is 4.24. The van der Waals surface area contributed by atoms with E-state index in [1.54, 1.807) is 31.5 Å². The molecule has 3 N–H and O–H groups in total. The van der Waals surface area contributed by atoms with E-state index < -0.39 is 16.3 Å². The van der Waals surface area contributed by atoms with Crippen molar-refractivity contribution in [3.05, 3.63) is 54.2 Å². The molecule has 10 nitrogen and oxygen atoms in total. The van der Waals surface area contributed by atoms with Gasteiger partial charge in [-0.15, -0.1) is 11.3 Å². The highest BCUT2D eigenvalue weighted by Gasteiger charge is 2.20. The molecule has 1 aliphatic rings. The summed E-state index contributed by atoms with van der Waals surface area (Å²) in [5.41, 5.74) is 3.83. The number of hydrogen-bond donors (Lipinski definition) is 3. The summed E-state index contributed by atoms with van der Waals surface area (Å²) in [7, 11) is -3.37. The summed E-state index contributed by atoms with van der Waals surface area (Å²) < 4.78 is 26.7. The number of sulfonamides is 1. The second kappa shape index (κ2) is 9.97. The van der Waals surface area contributed by atoms with Crippen molar-refractivity contribution >= 4 is 54.7 Å². The number of thiophene rings is 1. The van der Waals surface area contributed by atoms with E-state index in [0.29, 0.717) is 11.6 Å². The minimum absolute atomic E-state index is 0.430. The van der Waals surface area contributed by atoms with Crippen molar-refractivity contribution in [3.63, 3.8) is 0 Å². The Morgan fingerprint density at radius 2 is 1.86 bits per heavy atom. The lowest BCUT2D eigenvalue weighted by molar-refractivity contribution is 0.0152. The number of nitrogens with zero attached hydrogens (tertiary/aromatic N) is 5. The van der Waals surface area contributed by atoms with Crippen molar-refractivity contribution in [1.29, 1.82) is 0 Å². The highest BCUT2D eigenvalue weighted by molar-refractivity contribution is 7.92. The van der Waals surface area contributed by atoms with Gasteiger partial charge in [0.05, 0.1) is 34.6 Å². The minimum Gasteiger partial charge on any atom is -0.379 e. The van der Waals surface area contributed by atoms with Crippen LogP contribution in [0.5, 0.6) is 0 Å². The van der Waals surface area contributed by atoms with E-state index in [1.807, 2.05) is 34.5 Å². The van der Waals surface area contributed by atoms with Crippen LogP contribution in [0, 0.1) is 0 Å². The van der Waals surface area contributed by atoms with Gasteiger partial charge in [0, 0.05) is 42.8 Å². The number of aliphatic hydroxyl groups excluding tert-OH is 1. The van der Waals surface area contributed by atoms with Crippen LogP contribution in [-0.4, -0.2) is 72.0 Å². The summed E-state index contributed by atoms with van der Waals surface area (Å²) in [4.78, 5) is 18.0. The number of pyridine rings is 1. The number of hydrogen-bond acceptors (Lipinski definition) is 10. The fourth-order valence-electron chi connectivity index (χ4n) is 4.16. The van der Waals surface area contributed by atoms with Gasteiger partial charge in [0.2, 0.25) is 16.0 Å². The maximum atomic E-state index is 11.6. The molecule has 3 aromatic heterocycles. The third-order valence-corrected chi connectivity index (χ3v) is 7.47. The zero-order valence-corrected chi connectivity index (χ0v) is 21.6. The lowest BCUT2D eigenvalue weighted by Gasteiger charge is -2.36. The molecule has 1 aromatic carbocycles. The molecule has 0 spiro atoms. The number of rotatable bonds is 7. The molecule has 1 saturated heterocycles. The maximum Gasteiger partial charge on any atom is 0.229 e. The third kappa shape index (κ3) is 5.57. The Hall–Kier alpha value is -3.32. The van der Waals surface area contributed by atoms with Crippen LogP contribution in [0.2, 0.25) is 0 Å². The third-order valence-electron chi connectivity index (χ3n) is 5.96. The second-order valence-electron chi connectivity index (χ2n) is 8.70. The van der Waals surface area contributed by atoms with Crippen LogP contribution in [-0.2, 0) is 10.0 Å². The zero-order valence-electron chi connectivity index (χ0n) is 19.9. The van der Waals surface area contributed by atoms with Crippen LogP contribution in [0.4, 0.5) is 23.1 Å². The quantitative estimate of drug-likeness (QED) is 0.333. The highest BCUT2D eigenvalue weighted by atomic mass is 32.2. The first-order chi connectivity index (χ1) is 17.2. The predicted octanol–water partition coefficient (Wildman–Crippen LogP) is 3.33. The molecule has 0 aliphatic carbocycles. The summed E-state index contributed by atoms with van der Waals surface area (Å²) in [5.74, 6) is 1.34. The first-order valence-electron chi connectivity index (χ1n) is 11.5. The fourth-order valence-corrected chi connectivity index (χ4v) is 5.59. The zero-order chi connectivity index (χ0) is 25.3. The van der Waals surface area contributed by atoms with Gasteiger partial charge in [0.1, 0.15) is 12.0 Å². The molecular formula is C24H27N7O3S2. The van der Waals surface area contributed by atoms with Gasteiger partial charge >= 0.3 is 0 Å². The topological polar surface area (TPSA) is 124 Å². The largest absolute Gasteiger partial charge is 0.379 e. The number of aromatic nitrogens is 3. The number of fused-ring (bicyclic) bond motifs is 1. The molecule has 12 heteroatoms. The van der Waals surface area contributed by atoms with Crippen molar-refractivity contribution < 1.29 is 13.5 Å². The molecule has 1 atom stereocenters. The Bertz CT molecular complexity index is 1460. The highest BCUT2D eigenvalue weighted by Crippen LogP contribution is 2.34. The van der Waals surface area contributed by atoms with E-state index >= 15 is 0 Å². The Kier molecular flexibility index (Phi) is 6.75. The van der Waals surface area contributed by atoms with E-state index in [0.717, 1.165) is 65.3 Å². The van der Waals surface area contributed by atoms with Crippen LogP contribution in [0.1, 0.15) is 6.92 Å². The Balaban J connectivity index is 1.33. The molecule has 188 valence electrons. The van der Waals surface area contributed by atoms with E-state index in [1.165, 1.54) is 11.3 Å². The molecule has 4 aromatic rings. The Morgan fingerprint density at radius 1 is 1.06 bits per heavy atom. The van der Waals surface area contributed by atoms with Crippen LogP contribution in [0.15, 0.2) is 54.2 Å². The fraction of sp³-hybridized carbons (Fsp3) is 0.292. The number of piperazine rings is 1. The van der Waals surface area contributed by atoms with E-state index in [4.69, 9.17) is 4.98 Å². The van der Waals surface area contributed by atoms with Gasteiger partial charge in [-0.1, -0.05) is 12.1 Å². The van der Waals surface area contributed by atoms with Gasteiger partial charge in [-0.05, 0) is 36.8 Å². The van der Waals surface area contributed by atoms with Crippen molar-refractivity contribution in [2.24, 2.45) is 0 Å². The number of nitrogens with one attached hydrogen (secondary N) is 2. The maximum absolute atomic E-state index is 11.6. The molecule has 0 amide bonds. The monoisotopic (exact) mass is 525 g/mol. The molecular weight excluding hydrogens is 498 g/mol. The van der Waals surface area contributed by atoms with Gasteiger partial charge in [-0.25, -0.2) is 23.4 Å². The van der Waals surface area contributed by atoms with Gasteiger partial charge in [-0.3, -0.25) is 9.62 Å². The van der Waals surface area contributed by atoms with Gasteiger partial charge in [-0.2, -0.15) is 0 Å². The first kappa shape index (κ1) is 24.4. The van der Waals surface area contributed by atoms with Crippen molar-refractivity contribution in [3.8, 4) is 11.1 Å². The second-order valence-corrected chi connectivity index (χ2v) is 11.4. The van der Waals surface area contributed by atoms with E-state index in [9.17, 15) is 13.5 Å². The summed E-state index contributed by atoms with van der Waals surface area (Å²) in [6, 6.07) is 11.2. The van der Waals surface area contributed by atoms with Crippen LogP contribution < -0.4 is 14.9 Å². The van der Waals surface area contributed by atoms with Crippen molar-refractivity contribution in [2.75, 3.05) is 47.4 Å². The van der Waals surface area contributed by atoms with Crippen molar-refractivity contribution in [1.82, 2.24) is 19.9 Å². The van der Waals surface area contributed by atoms with Crippen molar-refractivity contribution in [2.45, 2.75) is 13.2 Å².